The molecule has 2 rings (SSSR count). The Morgan fingerprint density at radius 2 is 2.00 bits per heavy atom. The molecular formula is C15H20N2O2. The van der Waals surface area contributed by atoms with Gasteiger partial charge in [-0.25, -0.2) is 0 Å². The Balaban J connectivity index is 1.72. The Kier molecular flexibility index (Phi) is 5.10. The molecule has 0 spiro atoms. The maximum absolute atomic E-state index is 10.9. The Hall–Kier alpha value is -1.68. The van der Waals surface area contributed by atoms with E-state index in [9.17, 15) is 10.1 Å². The molecule has 0 aliphatic heterocycles. The fourth-order valence-electron chi connectivity index (χ4n) is 2.46. The van der Waals surface area contributed by atoms with Crippen LogP contribution in [0.3, 0.4) is 0 Å². The van der Waals surface area contributed by atoms with Gasteiger partial charge in [0.15, 0.2) is 0 Å². The first kappa shape index (κ1) is 13.7. The van der Waals surface area contributed by atoms with Crippen molar-refractivity contribution in [1.82, 2.24) is 5.32 Å². The number of hydrogen-bond donors (Lipinski definition) is 1. The van der Waals surface area contributed by atoms with Crippen molar-refractivity contribution in [3.63, 3.8) is 0 Å². The van der Waals surface area contributed by atoms with Gasteiger partial charge in [0.2, 0.25) is 0 Å². The molecule has 0 saturated heterocycles. The van der Waals surface area contributed by atoms with E-state index in [1.54, 1.807) is 17.7 Å². The molecule has 4 nitrogen and oxygen atoms in total. The van der Waals surface area contributed by atoms with Crippen LogP contribution in [0.25, 0.3) is 0 Å². The van der Waals surface area contributed by atoms with Crippen molar-refractivity contribution in [1.29, 1.82) is 0 Å². The third-order valence-corrected chi connectivity index (χ3v) is 3.52. The van der Waals surface area contributed by atoms with Gasteiger partial charge in [0.1, 0.15) is 0 Å². The van der Waals surface area contributed by atoms with Gasteiger partial charge in [0.25, 0.3) is 5.69 Å². The molecule has 1 N–H and O–H groups in total. The number of allylic oxidation sites excluding steroid dienone is 1. The number of para-hydroxylation sites is 1. The molecule has 1 aliphatic carbocycles. The van der Waals surface area contributed by atoms with Crippen molar-refractivity contribution in [2.45, 2.75) is 32.1 Å². The lowest BCUT2D eigenvalue weighted by atomic mass is 10.1. The summed E-state index contributed by atoms with van der Waals surface area (Å²) >= 11 is 0. The van der Waals surface area contributed by atoms with E-state index in [0.717, 1.165) is 25.1 Å². The summed E-state index contributed by atoms with van der Waals surface area (Å²) in [5.41, 5.74) is 2.58. The number of nitro benzene ring substituents is 1. The monoisotopic (exact) mass is 260 g/mol. The molecule has 0 atom stereocenters. The van der Waals surface area contributed by atoms with Gasteiger partial charge in [0, 0.05) is 11.6 Å². The summed E-state index contributed by atoms with van der Waals surface area (Å²) in [4.78, 5) is 10.6. The van der Waals surface area contributed by atoms with Gasteiger partial charge in [-0.05, 0) is 45.2 Å². The Morgan fingerprint density at radius 1 is 1.21 bits per heavy atom. The fraction of sp³-hybridized carbons (Fsp3) is 0.467. The summed E-state index contributed by atoms with van der Waals surface area (Å²) in [5.74, 6) is 0. The van der Waals surface area contributed by atoms with Crippen molar-refractivity contribution in [3.8, 4) is 0 Å². The van der Waals surface area contributed by atoms with Gasteiger partial charge in [-0.3, -0.25) is 10.1 Å². The Morgan fingerprint density at radius 3 is 2.74 bits per heavy atom. The largest absolute Gasteiger partial charge is 0.316 e. The molecular weight excluding hydrogens is 240 g/mol. The van der Waals surface area contributed by atoms with Crippen molar-refractivity contribution in [2.75, 3.05) is 13.1 Å². The van der Waals surface area contributed by atoms with Gasteiger partial charge in [-0.2, -0.15) is 0 Å². The highest BCUT2D eigenvalue weighted by atomic mass is 16.6. The zero-order valence-electron chi connectivity index (χ0n) is 11.1. The highest BCUT2D eigenvalue weighted by molar-refractivity contribution is 5.39. The summed E-state index contributed by atoms with van der Waals surface area (Å²) in [6.45, 7) is 1.75. The van der Waals surface area contributed by atoms with Crippen LogP contribution in [0.2, 0.25) is 0 Å². The first-order valence-corrected chi connectivity index (χ1v) is 6.88. The Labute approximate surface area is 113 Å². The molecule has 0 saturated carbocycles. The van der Waals surface area contributed by atoms with Gasteiger partial charge in [-0.1, -0.05) is 29.8 Å². The van der Waals surface area contributed by atoms with Crippen LogP contribution in [0.5, 0.6) is 0 Å². The van der Waals surface area contributed by atoms with Gasteiger partial charge in [0.05, 0.1) is 4.92 Å². The minimum absolute atomic E-state index is 0.225. The zero-order valence-corrected chi connectivity index (χ0v) is 11.1. The average molecular weight is 260 g/mol. The predicted octanol–water partition coefficient (Wildman–Crippen LogP) is 3.23. The van der Waals surface area contributed by atoms with Crippen molar-refractivity contribution >= 4 is 5.69 Å². The second-order valence-corrected chi connectivity index (χ2v) is 4.89. The number of benzene rings is 1. The standard InChI is InChI=1S/C15H20N2O2/c18-17(19)15-8-4-3-7-14(15)10-12-16-11-9-13-5-1-2-6-13/h3-5,7-8,16H,1-2,6,9-12H2. The molecule has 1 aliphatic rings. The second kappa shape index (κ2) is 7.04. The van der Waals surface area contributed by atoms with E-state index >= 15 is 0 Å². The SMILES string of the molecule is O=[N+]([O-])c1ccccc1CCNCCC1=CCCC1. The van der Waals surface area contributed by atoms with Gasteiger partial charge < -0.3 is 5.32 Å². The first-order valence-electron chi connectivity index (χ1n) is 6.88. The second-order valence-electron chi connectivity index (χ2n) is 4.89. The van der Waals surface area contributed by atoms with Crippen LogP contribution in [0, 0.1) is 10.1 Å². The van der Waals surface area contributed by atoms with Gasteiger partial charge >= 0.3 is 0 Å². The molecule has 102 valence electrons. The highest BCUT2D eigenvalue weighted by Gasteiger charge is 2.11. The maximum atomic E-state index is 10.9. The summed E-state index contributed by atoms with van der Waals surface area (Å²) < 4.78 is 0. The fourth-order valence-corrected chi connectivity index (χ4v) is 2.46. The van der Waals surface area contributed by atoms with E-state index in [0.29, 0.717) is 6.42 Å². The number of nitrogens with one attached hydrogen (secondary N) is 1. The molecule has 1 aromatic carbocycles. The molecule has 1 aromatic rings. The van der Waals surface area contributed by atoms with Gasteiger partial charge in [-0.15, -0.1) is 0 Å². The van der Waals surface area contributed by atoms with E-state index in [1.165, 1.54) is 19.3 Å². The molecule has 0 fully saturated rings. The minimum Gasteiger partial charge on any atom is -0.316 e. The Bertz CT molecular complexity index is 469. The quantitative estimate of drug-likeness (QED) is 0.354. The zero-order chi connectivity index (χ0) is 13.5. The van der Waals surface area contributed by atoms with E-state index in [4.69, 9.17) is 0 Å². The number of hydrogen-bond acceptors (Lipinski definition) is 3. The number of nitrogens with zero attached hydrogens (tertiary/aromatic N) is 1. The average Bonchev–Trinajstić information content (AvgIpc) is 2.92. The highest BCUT2D eigenvalue weighted by Crippen LogP contribution is 2.20. The molecule has 0 bridgehead atoms. The summed E-state index contributed by atoms with van der Waals surface area (Å²) in [6, 6.07) is 6.96. The van der Waals surface area contributed by atoms with E-state index in [-0.39, 0.29) is 10.6 Å². The van der Waals surface area contributed by atoms with Crippen LogP contribution in [-0.2, 0) is 6.42 Å². The molecule has 0 aromatic heterocycles. The summed E-state index contributed by atoms with van der Waals surface area (Å²) in [6.07, 6.45) is 7.92. The number of rotatable bonds is 7. The van der Waals surface area contributed by atoms with E-state index < -0.39 is 0 Å². The predicted molar refractivity (Wildman–Crippen MR) is 76.2 cm³/mol. The smallest absolute Gasteiger partial charge is 0.272 e. The van der Waals surface area contributed by atoms with Crippen LogP contribution in [0.4, 0.5) is 5.69 Å². The maximum Gasteiger partial charge on any atom is 0.272 e. The third kappa shape index (κ3) is 4.17. The minimum atomic E-state index is -0.307. The van der Waals surface area contributed by atoms with Crippen LogP contribution >= 0.6 is 0 Å². The topological polar surface area (TPSA) is 55.2 Å². The lowest BCUT2D eigenvalue weighted by molar-refractivity contribution is -0.385. The third-order valence-electron chi connectivity index (χ3n) is 3.52. The lowest BCUT2D eigenvalue weighted by Crippen LogP contribution is -2.19. The first-order chi connectivity index (χ1) is 9.27. The molecule has 19 heavy (non-hydrogen) atoms. The van der Waals surface area contributed by atoms with Crippen LogP contribution < -0.4 is 5.32 Å². The normalized spacial score (nSPS) is 14.4. The number of nitro groups is 1. The van der Waals surface area contributed by atoms with E-state index in [1.807, 2.05) is 12.1 Å². The van der Waals surface area contributed by atoms with Crippen molar-refractivity contribution < 1.29 is 4.92 Å². The molecule has 4 heteroatoms. The lowest BCUT2D eigenvalue weighted by Gasteiger charge is -2.06. The van der Waals surface area contributed by atoms with Crippen molar-refractivity contribution in [3.05, 3.63) is 51.6 Å². The van der Waals surface area contributed by atoms with E-state index in [2.05, 4.69) is 11.4 Å². The van der Waals surface area contributed by atoms with Crippen LogP contribution in [-0.4, -0.2) is 18.0 Å². The van der Waals surface area contributed by atoms with Crippen LogP contribution in [0.1, 0.15) is 31.2 Å². The summed E-state index contributed by atoms with van der Waals surface area (Å²) in [7, 11) is 0. The molecule has 0 heterocycles. The van der Waals surface area contributed by atoms with Crippen molar-refractivity contribution in [2.24, 2.45) is 0 Å². The van der Waals surface area contributed by atoms with Crippen LogP contribution in [0.15, 0.2) is 35.9 Å². The summed E-state index contributed by atoms with van der Waals surface area (Å²) in [5, 5.41) is 14.2. The molecule has 0 amide bonds. The molecule has 0 unspecified atom stereocenters. The molecule has 0 radical (unpaired) electrons.